The van der Waals surface area contributed by atoms with Crippen molar-refractivity contribution in [3.8, 4) is 5.75 Å². The highest BCUT2D eigenvalue weighted by molar-refractivity contribution is 6.07. The number of unbranched alkanes of at least 4 members (excludes halogenated alkanes) is 1. The quantitative estimate of drug-likeness (QED) is 0.387. The smallest absolute Gasteiger partial charge is 0.258 e. The number of nitrogens with two attached hydrogens (primary N) is 1. The number of imide groups is 1. The maximum absolute atomic E-state index is 13.0. The molecule has 2 rings (SSSR count). The Morgan fingerprint density at radius 2 is 2.00 bits per heavy atom. The topological polar surface area (TPSA) is 119 Å². The molecule has 0 radical (unpaired) electrons. The fraction of sp³-hybridized carbons (Fsp3) is 0.524. The maximum atomic E-state index is 13.0. The number of rotatable bonds is 8. The minimum Gasteiger partial charge on any atom is -0.493 e. The highest BCUT2D eigenvalue weighted by Gasteiger charge is 2.34. The maximum Gasteiger partial charge on any atom is 0.258 e. The van der Waals surface area contributed by atoms with Gasteiger partial charge in [-0.15, -0.1) is 0 Å². The molecule has 8 nitrogen and oxygen atoms in total. The molecule has 1 saturated heterocycles. The second kappa shape index (κ2) is 12.7. The van der Waals surface area contributed by atoms with Crippen LogP contribution in [0.5, 0.6) is 5.75 Å². The molecule has 0 aromatic heterocycles. The largest absolute Gasteiger partial charge is 0.493 e. The lowest BCUT2D eigenvalue weighted by Gasteiger charge is -2.30. The summed E-state index contributed by atoms with van der Waals surface area (Å²) < 4.78 is 5.67. The minimum atomic E-state index is -0.773. The number of piperidine rings is 1. The van der Waals surface area contributed by atoms with Gasteiger partial charge in [-0.2, -0.15) is 0 Å². The van der Waals surface area contributed by atoms with Crippen molar-refractivity contribution in [1.29, 1.82) is 0 Å². The molecule has 1 aliphatic rings. The Morgan fingerprint density at radius 3 is 2.59 bits per heavy atom. The van der Waals surface area contributed by atoms with Crippen molar-refractivity contribution >= 4 is 24.0 Å². The van der Waals surface area contributed by atoms with Gasteiger partial charge >= 0.3 is 0 Å². The zero-order valence-electron chi connectivity index (χ0n) is 17.4. The minimum absolute atomic E-state index is 0.113. The van der Waals surface area contributed by atoms with Gasteiger partial charge < -0.3 is 15.4 Å². The lowest BCUT2D eigenvalue weighted by Crippen LogP contribution is -2.53. The van der Waals surface area contributed by atoms with Crippen LogP contribution in [0.25, 0.3) is 0 Å². The molecule has 0 aliphatic carbocycles. The van der Waals surface area contributed by atoms with Crippen LogP contribution in [-0.2, 0) is 9.59 Å². The van der Waals surface area contributed by atoms with Gasteiger partial charge in [0.2, 0.25) is 11.8 Å². The fourth-order valence-corrected chi connectivity index (χ4v) is 2.79. The summed E-state index contributed by atoms with van der Waals surface area (Å²) in [5.74, 6) is -1.10. The van der Waals surface area contributed by atoms with E-state index in [0.29, 0.717) is 19.4 Å². The van der Waals surface area contributed by atoms with E-state index in [4.69, 9.17) is 10.5 Å². The van der Waals surface area contributed by atoms with Gasteiger partial charge in [0.25, 0.3) is 5.91 Å². The van der Waals surface area contributed by atoms with E-state index in [2.05, 4.69) is 19.2 Å². The van der Waals surface area contributed by atoms with E-state index in [1.165, 1.54) is 24.4 Å². The van der Waals surface area contributed by atoms with Crippen LogP contribution in [-0.4, -0.2) is 55.1 Å². The van der Waals surface area contributed by atoms with Crippen LogP contribution >= 0.6 is 0 Å². The number of carbonyl (C=O) groups excluding carboxylic acids is 4. The van der Waals surface area contributed by atoms with Gasteiger partial charge in [-0.25, -0.2) is 0 Å². The first-order valence-corrected chi connectivity index (χ1v) is 9.93. The summed E-state index contributed by atoms with van der Waals surface area (Å²) in [6.45, 7) is 5.16. The molecule has 0 saturated carbocycles. The molecule has 8 heteroatoms. The monoisotopic (exact) mass is 405 g/mol. The average molecular weight is 405 g/mol. The number of hydrogen-bond acceptors (Lipinski definition) is 6. The van der Waals surface area contributed by atoms with Crippen molar-refractivity contribution in [3.05, 3.63) is 29.3 Å². The average Bonchev–Trinajstić information content (AvgIpc) is 2.70. The Balaban J connectivity index is 0.00000132. The Labute approximate surface area is 171 Å². The van der Waals surface area contributed by atoms with E-state index in [9.17, 15) is 19.2 Å². The molecule has 1 heterocycles. The molecule has 3 N–H and O–H groups in total. The number of carbonyl (C=O) groups is 4. The summed E-state index contributed by atoms with van der Waals surface area (Å²) in [6, 6.07) is 3.99. The molecule has 0 spiro atoms. The second-order valence-corrected chi connectivity index (χ2v) is 6.77. The number of aldehydes is 1. The van der Waals surface area contributed by atoms with Crippen LogP contribution in [0, 0.1) is 0 Å². The van der Waals surface area contributed by atoms with Crippen LogP contribution in [0.2, 0.25) is 0 Å². The summed E-state index contributed by atoms with van der Waals surface area (Å²) in [5.41, 5.74) is 5.75. The number of likely N-dealkylation sites (N-methyl/N-ethyl adjacent to an activating group) is 1. The van der Waals surface area contributed by atoms with Crippen molar-refractivity contribution < 1.29 is 23.9 Å². The third kappa shape index (κ3) is 6.98. The van der Waals surface area contributed by atoms with Gasteiger partial charge in [0.05, 0.1) is 12.2 Å². The third-order valence-electron chi connectivity index (χ3n) is 4.25. The first-order valence-electron chi connectivity index (χ1n) is 9.93. The van der Waals surface area contributed by atoms with Gasteiger partial charge in [0.1, 0.15) is 11.8 Å². The van der Waals surface area contributed by atoms with Crippen molar-refractivity contribution in [1.82, 2.24) is 10.2 Å². The summed E-state index contributed by atoms with van der Waals surface area (Å²) in [6.07, 6.45) is 3.73. The molecule has 1 atom stereocenters. The number of benzene rings is 1. The molecular weight excluding hydrogens is 374 g/mol. The van der Waals surface area contributed by atoms with E-state index in [0.717, 1.165) is 12.8 Å². The molecule has 29 heavy (non-hydrogen) atoms. The standard InChI is InChI=1S/C18H23N3O5.C3H8/c1-21(13-7-8-15(23)20-17(13)24)18(25)16-12(11-22)5-4-6-14(16)26-10-3-2-9-19;1-3-2/h4-6,11,13H,2-3,7-10,19H2,1H3,(H,20,23,24);3H2,1-2H3. The molecule has 0 bridgehead atoms. The van der Waals surface area contributed by atoms with Crippen molar-refractivity contribution in [2.45, 2.75) is 52.0 Å². The Hall–Kier alpha value is -2.74. The summed E-state index contributed by atoms with van der Waals surface area (Å²) in [4.78, 5) is 48.9. The van der Waals surface area contributed by atoms with E-state index in [-0.39, 0.29) is 35.6 Å². The van der Waals surface area contributed by atoms with Crippen LogP contribution in [0.15, 0.2) is 18.2 Å². The third-order valence-corrected chi connectivity index (χ3v) is 4.25. The summed E-state index contributed by atoms with van der Waals surface area (Å²) >= 11 is 0. The molecule has 3 amide bonds. The fourth-order valence-electron chi connectivity index (χ4n) is 2.79. The van der Waals surface area contributed by atoms with E-state index in [1.807, 2.05) is 0 Å². The van der Waals surface area contributed by atoms with E-state index >= 15 is 0 Å². The molecule has 1 unspecified atom stereocenters. The highest BCUT2D eigenvalue weighted by Crippen LogP contribution is 2.25. The summed E-state index contributed by atoms with van der Waals surface area (Å²) in [5, 5.41) is 2.22. The van der Waals surface area contributed by atoms with Crippen LogP contribution in [0.3, 0.4) is 0 Å². The van der Waals surface area contributed by atoms with Crippen molar-refractivity contribution in [2.24, 2.45) is 5.73 Å². The van der Waals surface area contributed by atoms with E-state index in [1.54, 1.807) is 12.1 Å². The Morgan fingerprint density at radius 1 is 1.31 bits per heavy atom. The first-order chi connectivity index (χ1) is 13.9. The van der Waals surface area contributed by atoms with Gasteiger partial charge in [-0.3, -0.25) is 24.5 Å². The number of ether oxygens (including phenoxy) is 1. The van der Waals surface area contributed by atoms with Gasteiger partial charge in [0.15, 0.2) is 6.29 Å². The highest BCUT2D eigenvalue weighted by atomic mass is 16.5. The van der Waals surface area contributed by atoms with Crippen LogP contribution in [0.4, 0.5) is 0 Å². The summed E-state index contributed by atoms with van der Waals surface area (Å²) in [7, 11) is 1.47. The predicted molar refractivity (Wildman–Crippen MR) is 110 cm³/mol. The van der Waals surface area contributed by atoms with Gasteiger partial charge in [-0.1, -0.05) is 32.4 Å². The molecule has 1 aliphatic heterocycles. The second-order valence-electron chi connectivity index (χ2n) is 6.77. The lowest BCUT2D eigenvalue weighted by atomic mass is 10.0. The zero-order valence-corrected chi connectivity index (χ0v) is 17.4. The number of hydrogen-bond donors (Lipinski definition) is 2. The first kappa shape index (κ1) is 24.3. The Bertz CT molecular complexity index is 720. The predicted octanol–water partition coefficient (Wildman–Crippen LogP) is 1.91. The molecule has 1 fully saturated rings. The van der Waals surface area contributed by atoms with Gasteiger partial charge in [0, 0.05) is 19.0 Å². The molecular formula is C21H31N3O5. The van der Waals surface area contributed by atoms with Crippen LogP contribution < -0.4 is 15.8 Å². The van der Waals surface area contributed by atoms with Crippen LogP contribution in [0.1, 0.15) is 66.7 Å². The van der Waals surface area contributed by atoms with Crippen molar-refractivity contribution in [3.63, 3.8) is 0 Å². The Kier molecular flexibility index (Phi) is 10.6. The SMILES string of the molecule is CCC.CN(C(=O)c1c(C=O)cccc1OCCCCN)C1CCC(=O)NC1=O. The lowest BCUT2D eigenvalue weighted by molar-refractivity contribution is -0.136. The van der Waals surface area contributed by atoms with E-state index < -0.39 is 17.9 Å². The number of amides is 3. The molecule has 1 aromatic carbocycles. The number of nitrogens with zero attached hydrogens (tertiary/aromatic N) is 1. The zero-order chi connectivity index (χ0) is 21.8. The van der Waals surface area contributed by atoms with Gasteiger partial charge in [-0.05, 0) is 31.9 Å². The normalized spacial score (nSPS) is 15.7. The number of nitrogens with one attached hydrogen (secondary N) is 1. The molecule has 1 aromatic rings. The molecule has 160 valence electrons. The van der Waals surface area contributed by atoms with Crippen molar-refractivity contribution in [2.75, 3.05) is 20.2 Å².